The highest BCUT2D eigenvalue weighted by atomic mass is 15.3. The van der Waals surface area contributed by atoms with Crippen LogP contribution in [-0.4, -0.2) is 30.7 Å². The Bertz CT molecular complexity index is 193. The van der Waals surface area contributed by atoms with E-state index >= 15 is 0 Å². The topological polar surface area (TPSA) is 15.3 Å². The second-order valence-electron chi connectivity index (χ2n) is 5.93. The van der Waals surface area contributed by atoms with Crippen molar-refractivity contribution in [2.75, 3.05) is 13.6 Å². The molecule has 17 heavy (non-hydrogen) atoms. The highest BCUT2D eigenvalue weighted by Crippen LogP contribution is 2.27. The lowest BCUT2D eigenvalue weighted by atomic mass is 9.86. The molecule has 0 saturated heterocycles. The van der Waals surface area contributed by atoms with Crippen molar-refractivity contribution in [1.82, 2.24) is 10.2 Å². The van der Waals surface area contributed by atoms with Gasteiger partial charge in [-0.25, -0.2) is 0 Å². The van der Waals surface area contributed by atoms with Gasteiger partial charge in [0.25, 0.3) is 0 Å². The third kappa shape index (κ3) is 5.39. The minimum absolute atomic E-state index is 0.530. The zero-order valence-electron chi connectivity index (χ0n) is 12.3. The normalized spacial score (nSPS) is 27.4. The summed E-state index contributed by atoms with van der Waals surface area (Å²) in [5, 5.41) is 3.66. The Kier molecular flexibility index (Phi) is 7.14. The van der Waals surface area contributed by atoms with E-state index < -0.39 is 0 Å². The van der Waals surface area contributed by atoms with Gasteiger partial charge in [-0.2, -0.15) is 0 Å². The summed E-state index contributed by atoms with van der Waals surface area (Å²) in [6, 6.07) is 0.799. The summed E-state index contributed by atoms with van der Waals surface area (Å²) >= 11 is 0. The summed E-state index contributed by atoms with van der Waals surface area (Å²) in [4.78, 5) is 2.56. The summed E-state index contributed by atoms with van der Waals surface area (Å²) < 4.78 is 0. The van der Waals surface area contributed by atoms with Gasteiger partial charge in [-0.1, -0.05) is 39.5 Å². The maximum Gasteiger partial charge on any atom is 0.0567 e. The first-order valence-corrected chi connectivity index (χ1v) is 7.60. The van der Waals surface area contributed by atoms with Crippen molar-refractivity contribution in [1.29, 1.82) is 0 Å². The second kappa shape index (κ2) is 8.10. The summed E-state index contributed by atoms with van der Waals surface area (Å²) in [6.45, 7) is 8.14. The van der Waals surface area contributed by atoms with Gasteiger partial charge in [0.1, 0.15) is 0 Å². The molecule has 0 aromatic rings. The van der Waals surface area contributed by atoms with Gasteiger partial charge in [0.05, 0.1) is 6.17 Å². The fraction of sp³-hybridized carbons (Fsp3) is 1.00. The predicted molar refractivity (Wildman–Crippen MR) is 76.2 cm³/mol. The van der Waals surface area contributed by atoms with E-state index in [0.717, 1.165) is 12.0 Å². The van der Waals surface area contributed by atoms with E-state index in [1.807, 2.05) is 0 Å². The van der Waals surface area contributed by atoms with Crippen molar-refractivity contribution < 1.29 is 0 Å². The largest absolute Gasteiger partial charge is 0.302 e. The molecule has 0 amide bonds. The molecule has 2 heteroatoms. The molecule has 0 radical (unpaired) electrons. The molecule has 0 aromatic heterocycles. The summed E-state index contributed by atoms with van der Waals surface area (Å²) in [5.41, 5.74) is 0. The van der Waals surface area contributed by atoms with Gasteiger partial charge in [-0.3, -0.25) is 4.90 Å². The van der Waals surface area contributed by atoms with Gasteiger partial charge in [-0.05, 0) is 45.7 Å². The Morgan fingerprint density at radius 1 is 1.29 bits per heavy atom. The maximum atomic E-state index is 3.66. The monoisotopic (exact) mass is 240 g/mol. The molecular formula is C15H32N2. The van der Waals surface area contributed by atoms with Crippen molar-refractivity contribution in [2.45, 2.75) is 77.9 Å². The summed E-state index contributed by atoms with van der Waals surface area (Å²) in [6.07, 6.45) is 10.1. The predicted octanol–water partition coefficient (Wildman–Crippen LogP) is 3.62. The lowest BCUT2D eigenvalue weighted by Crippen LogP contribution is -2.48. The van der Waals surface area contributed by atoms with Crippen molar-refractivity contribution in [2.24, 2.45) is 5.92 Å². The molecule has 2 nitrogen and oxygen atoms in total. The number of nitrogens with zero attached hydrogens (tertiary/aromatic N) is 1. The minimum atomic E-state index is 0.530. The molecule has 102 valence electrons. The smallest absolute Gasteiger partial charge is 0.0567 e. The van der Waals surface area contributed by atoms with Crippen LogP contribution in [-0.2, 0) is 0 Å². The molecule has 0 spiro atoms. The Labute approximate surface area is 108 Å². The van der Waals surface area contributed by atoms with Crippen LogP contribution in [0.4, 0.5) is 0 Å². The Hall–Kier alpha value is -0.0800. The molecule has 3 atom stereocenters. The van der Waals surface area contributed by atoms with E-state index in [1.54, 1.807) is 0 Å². The lowest BCUT2D eigenvalue weighted by molar-refractivity contribution is 0.108. The van der Waals surface area contributed by atoms with Crippen LogP contribution in [0.1, 0.15) is 65.7 Å². The number of nitrogens with one attached hydrogen (secondary N) is 1. The SMILES string of the molecule is CCCCCNC(C)N(C)C1CCC[C@@H](C)C1. The number of unbranched alkanes of at least 4 members (excludes halogenated alkanes) is 2. The third-order valence-electron chi connectivity index (χ3n) is 4.32. The van der Waals surface area contributed by atoms with Gasteiger partial charge >= 0.3 is 0 Å². The molecule has 1 aliphatic rings. The zero-order chi connectivity index (χ0) is 12.7. The highest BCUT2D eigenvalue weighted by molar-refractivity contribution is 4.79. The minimum Gasteiger partial charge on any atom is -0.302 e. The highest BCUT2D eigenvalue weighted by Gasteiger charge is 2.24. The van der Waals surface area contributed by atoms with E-state index in [9.17, 15) is 0 Å². The summed E-state index contributed by atoms with van der Waals surface area (Å²) in [5.74, 6) is 0.920. The zero-order valence-corrected chi connectivity index (χ0v) is 12.3. The fourth-order valence-electron chi connectivity index (χ4n) is 2.92. The summed E-state index contributed by atoms with van der Waals surface area (Å²) in [7, 11) is 2.29. The van der Waals surface area contributed by atoms with Crippen LogP contribution in [0.2, 0.25) is 0 Å². The second-order valence-corrected chi connectivity index (χ2v) is 5.93. The van der Waals surface area contributed by atoms with E-state index in [4.69, 9.17) is 0 Å². The number of hydrogen-bond acceptors (Lipinski definition) is 2. The Morgan fingerprint density at radius 3 is 2.71 bits per heavy atom. The van der Waals surface area contributed by atoms with Crippen molar-refractivity contribution in [3.8, 4) is 0 Å². The van der Waals surface area contributed by atoms with Gasteiger partial charge in [0, 0.05) is 6.04 Å². The van der Waals surface area contributed by atoms with Gasteiger partial charge in [-0.15, -0.1) is 0 Å². The van der Waals surface area contributed by atoms with E-state index in [1.165, 1.54) is 51.5 Å². The standard InChI is InChI=1S/C15H32N2/c1-5-6-7-11-16-14(3)17(4)15-10-8-9-13(2)12-15/h13-16H,5-12H2,1-4H3/t13-,14?,15?/m1/s1. The lowest BCUT2D eigenvalue weighted by Gasteiger charge is -2.38. The molecule has 1 N–H and O–H groups in total. The molecule has 0 aromatic carbocycles. The average molecular weight is 240 g/mol. The molecule has 0 heterocycles. The van der Waals surface area contributed by atoms with Crippen LogP contribution in [0.15, 0.2) is 0 Å². The number of hydrogen-bond donors (Lipinski definition) is 1. The van der Waals surface area contributed by atoms with Gasteiger partial charge < -0.3 is 5.32 Å². The van der Waals surface area contributed by atoms with E-state index in [-0.39, 0.29) is 0 Å². The van der Waals surface area contributed by atoms with Crippen molar-refractivity contribution in [3.05, 3.63) is 0 Å². The number of rotatable bonds is 7. The molecular weight excluding hydrogens is 208 g/mol. The first-order valence-electron chi connectivity index (χ1n) is 7.60. The van der Waals surface area contributed by atoms with Gasteiger partial charge in [0.2, 0.25) is 0 Å². The van der Waals surface area contributed by atoms with E-state index in [0.29, 0.717) is 6.17 Å². The quantitative estimate of drug-likeness (QED) is 0.540. The van der Waals surface area contributed by atoms with Crippen molar-refractivity contribution in [3.63, 3.8) is 0 Å². The van der Waals surface area contributed by atoms with Crippen LogP contribution < -0.4 is 5.32 Å². The average Bonchev–Trinajstić information content (AvgIpc) is 2.33. The molecule has 2 unspecified atom stereocenters. The molecule has 0 aliphatic heterocycles. The molecule has 0 bridgehead atoms. The first kappa shape index (κ1) is 15.0. The molecule has 1 saturated carbocycles. The van der Waals surface area contributed by atoms with Crippen LogP contribution in [0.5, 0.6) is 0 Å². The van der Waals surface area contributed by atoms with Crippen LogP contribution in [0.3, 0.4) is 0 Å². The fourth-order valence-corrected chi connectivity index (χ4v) is 2.92. The van der Waals surface area contributed by atoms with E-state index in [2.05, 4.69) is 38.0 Å². The van der Waals surface area contributed by atoms with Crippen LogP contribution in [0.25, 0.3) is 0 Å². The Morgan fingerprint density at radius 2 is 2.06 bits per heavy atom. The Balaban J connectivity index is 2.22. The van der Waals surface area contributed by atoms with Crippen LogP contribution >= 0.6 is 0 Å². The molecule has 1 fully saturated rings. The molecule has 1 rings (SSSR count). The maximum absolute atomic E-state index is 3.66. The van der Waals surface area contributed by atoms with Crippen molar-refractivity contribution >= 4 is 0 Å². The molecule has 1 aliphatic carbocycles. The van der Waals surface area contributed by atoms with Gasteiger partial charge in [0.15, 0.2) is 0 Å². The third-order valence-corrected chi connectivity index (χ3v) is 4.32. The first-order chi connectivity index (χ1) is 8.15. The van der Waals surface area contributed by atoms with Crippen LogP contribution in [0, 0.1) is 5.92 Å².